The largest absolute Gasteiger partial charge is 0.270 e. The molecule has 0 aliphatic heterocycles. The summed E-state index contributed by atoms with van der Waals surface area (Å²) in [5, 5.41) is 12.0. The molecule has 0 saturated carbocycles. The number of benzene rings is 2. The Morgan fingerprint density at radius 1 is 0.789 bits per heavy atom. The van der Waals surface area contributed by atoms with Crippen LogP contribution in [0.2, 0.25) is 20.1 Å². The van der Waals surface area contributed by atoms with Gasteiger partial charge in [-0.15, -0.1) is 0 Å². The van der Waals surface area contributed by atoms with Gasteiger partial charge in [0.2, 0.25) is 0 Å². The quantitative estimate of drug-likeness (QED) is 0.390. The van der Waals surface area contributed by atoms with E-state index in [1.54, 1.807) is 0 Å². The van der Waals surface area contributed by atoms with Crippen molar-refractivity contribution in [3.8, 4) is 11.1 Å². The zero-order valence-corrected chi connectivity index (χ0v) is 12.2. The number of hydrogen-bond donors (Lipinski definition) is 0. The number of rotatable bonds is 2. The average molecular weight is 337 g/mol. The van der Waals surface area contributed by atoms with Crippen molar-refractivity contribution in [1.29, 1.82) is 0 Å². The van der Waals surface area contributed by atoms with Gasteiger partial charge in [-0.25, -0.2) is 0 Å². The standard InChI is InChI=1S/C12H5Cl4NO2/c13-9-2-1-6(17(18)19)3-7(9)8-4-11(15)12(16)5-10(8)14/h1-5H. The van der Waals surface area contributed by atoms with E-state index in [2.05, 4.69) is 0 Å². The van der Waals surface area contributed by atoms with Gasteiger partial charge in [0.15, 0.2) is 0 Å². The first-order chi connectivity index (χ1) is 8.90. The minimum atomic E-state index is -0.509. The van der Waals surface area contributed by atoms with Crippen LogP contribution in [0.4, 0.5) is 5.69 Å². The monoisotopic (exact) mass is 335 g/mol. The number of nitro benzene ring substituents is 1. The van der Waals surface area contributed by atoms with Crippen LogP contribution >= 0.6 is 46.4 Å². The van der Waals surface area contributed by atoms with E-state index >= 15 is 0 Å². The molecule has 0 spiro atoms. The Hall–Kier alpha value is -1.000. The maximum absolute atomic E-state index is 10.8. The maximum Gasteiger partial charge on any atom is 0.270 e. The van der Waals surface area contributed by atoms with Crippen LogP contribution in [-0.2, 0) is 0 Å². The van der Waals surface area contributed by atoms with Crippen molar-refractivity contribution in [2.75, 3.05) is 0 Å². The molecule has 2 aromatic rings. The molecule has 2 aromatic carbocycles. The SMILES string of the molecule is O=[N+]([O-])c1ccc(Cl)c(-c2cc(Cl)c(Cl)cc2Cl)c1. The highest BCUT2D eigenvalue weighted by Crippen LogP contribution is 2.39. The summed E-state index contributed by atoms with van der Waals surface area (Å²) in [6.45, 7) is 0. The Bertz CT molecular complexity index is 673. The van der Waals surface area contributed by atoms with E-state index in [1.807, 2.05) is 0 Å². The molecule has 2 rings (SSSR count). The van der Waals surface area contributed by atoms with E-state index < -0.39 is 4.92 Å². The van der Waals surface area contributed by atoms with Crippen LogP contribution in [-0.4, -0.2) is 4.92 Å². The number of nitrogens with zero attached hydrogens (tertiary/aromatic N) is 1. The smallest absolute Gasteiger partial charge is 0.258 e. The summed E-state index contributed by atoms with van der Waals surface area (Å²) in [6.07, 6.45) is 0. The van der Waals surface area contributed by atoms with Crippen LogP contribution in [0.1, 0.15) is 0 Å². The maximum atomic E-state index is 10.8. The van der Waals surface area contributed by atoms with Crippen LogP contribution in [0.5, 0.6) is 0 Å². The van der Waals surface area contributed by atoms with E-state index in [0.29, 0.717) is 31.2 Å². The second-order valence-corrected chi connectivity index (χ2v) is 5.30. The molecule has 0 aliphatic carbocycles. The van der Waals surface area contributed by atoms with E-state index in [0.717, 1.165) is 0 Å². The molecule has 0 radical (unpaired) electrons. The summed E-state index contributed by atoms with van der Waals surface area (Å²) in [4.78, 5) is 10.3. The minimum absolute atomic E-state index is 0.0819. The third-order valence-electron chi connectivity index (χ3n) is 2.46. The predicted octanol–water partition coefficient (Wildman–Crippen LogP) is 5.88. The van der Waals surface area contributed by atoms with Gasteiger partial charge in [0.25, 0.3) is 5.69 Å². The van der Waals surface area contributed by atoms with Gasteiger partial charge < -0.3 is 0 Å². The highest BCUT2D eigenvalue weighted by molar-refractivity contribution is 6.44. The summed E-state index contributed by atoms with van der Waals surface area (Å²) >= 11 is 23.9. The van der Waals surface area contributed by atoms with E-state index in [1.165, 1.54) is 30.3 Å². The lowest BCUT2D eigenvalue weighted by Crippen LogP contribution is -1.90. The molecule has 98 valence electrons. The van der Waals surface area contributed by atoms with Gasteiger partial charge >= 0.3 is 0 Å². The second-order valence-electron chi connectivity index (χ2n) is 3.67. The molecule has 0 N–H and O–H groups in total. The summed E-state index contributed by atoms with van der Waals surface area (Å²) < 4.78 is 0. The third-order valence-corrected chi connectivity index (χ3v) is 3.83. The number of non-ortho nitro benzene ring substituents is 1. The summed E-state index contributed by atoms with van der Waals surface area (Å²) in [5.74, 6) is 0. The minimum Gasteiger partial charge on any atom is -0.258 e. The van der Waals surface area contributed by atoms with Gasteiger partial charge in [-0.05, 0) is 18.2 Å². The average Bonchev–Trinajstić information content (AvgIpc) is 2.34. The Morgan fingerprint density at radius 3 is 2.00 bits per heavy atom. The molecule has 0 saturated heterocycles. The van der Waals surface area contributed by atoms with Crippen LogP contribution in [0.15, 0.2) is 30.3 Å². The topological polar surface area (TPSA) is 43.1 Å². The molecular formula is C12H5Cl4NO2. The molecule has 0 atom stereocenters. The summed E-state index contributed by atoms with van der Waals surface area (Å²) in [7, 11) is 0. The molecule has 0 heterocycles. The molecule has 0 amide bonds. The van der Waals surface area contributed by atoms with Crippen LogP contribution in [0.25, 0.3) is 11.1 Å². The Balaban J connectivity index is 2.67. The van der Waals surface area contributed by atoms with E-state index in [-0.39, 0.29) is 5.69 Å². The van der Waals surface area contributed by atoms with Crippen molar-refractivity contribution in [2.24, 2.45) is 0 Å². The van der Waals surface area contributed by atoms with Gasteiger partial charge in [-0.3, -0.25) is 10.1 Å². The van der Waals surface area contributed by atoms with Gasteiger partial charge in [0, 0.05) is 28.3 Å². The van der Waals surface area contributed by atoms with Crippen LogP contribution in [0, 0.1) is 10.1 Å². The van der Waals surface area contributed by atoms with Gasteiger partial charge in [0.1, 0.15) is 0 Å². The predicted molar refractivity (Wildman–Crippen MR) is 78.6 cm³/mol. The number of hydrogen-bond acceptors (Lipinski definition) is 2. The normalized spacial score (nSPS) is 10.5. The molecule has 0 aliphatic rings. The lowest BCUT2D eigenvalue weighted by atomic mass is 10.0. The first-order valence-corrected chi connectivity index (χ1v) is 6.50. The molecule has 0 aromatic heterocycles. The molecule has 7 heteroatoms. The van der Waals surface area contributed by atoms with Crippen molar-refractivity contribution < 1.29 is 4.92 Å². The molecule has 0 bridgehead atoms. The lowest BCUT2D eigenvalue weighted by Gasteiger charge is -2.08. The first kappa shape index (κ1) is 14.4. The Labute approximate surface area is 128 Å². The first-order valence-electron chi connectivity index (χ1n) is 4.99. The zero-order chi connectivity index (χ0) is 14.2. The van der Waals surface area contributed by atoms with Crippen molar-refractivity contribution >= 4 is 52.1 Å². The van der Waals surface area contributed by atoms with Gasteiger partial charge in [-0.1, -0.05) is 46.4 Å². The molecule has 0 fully saturated rings. The Morgan fingerprint density at radius 2 is 1.37 bits per heavy atom. The van der Waals surface area contributed by atoms with E-state index in [9.17, 15) is 10.1 Å². The molecular weight excluding hydrogens is 332 g/mol. The van der Waals surface area contributed by atoms with Crippen molar-refractivity contribution in [3.05, 3.63) is 60.5 Å². The molecule has 3 nitrogen and oxygen atoms in total. The highest BCUT2D eigenvalue weighted by atomic mass is 35.5. The number of halogens is 4. The zero-order valence-electron chi connectivity index (χ0n) is 9.16. The summed E-state index contributed by atoms with van der Waals surface area (Å²) in [6, 6.07) is 7.09. The van der Waals surface area contributed by atoms with Crippen molar-refractivity contribution in [2.45, 2.75) is 0 Å². The fraction of sp³-hybridized carbons (Fsp3) is 0. The van der Waals surface area contributed by atoms with Crippen LogP contribution in [0.3, 0.4) is 0 Å². The van der Waals surface area contributed by atoms with Gasteiger partial charge in [0.05, 0.1) is 20.0 Å². The van der Waals surface area contributed by atoms with Crippen LogP contribution < -0.4 is 0 Å². The number of nitro groups is 1. The second kappa shape index (κ2) is 5.55. The van der Waals surface area contributed by atoms with E-state index in [4.69, 9.17) is 46.4 Å². The fourth-order valence-electron chi connectivity index (χ4n) is 1.56. The van der Waals surface area contributed by atoms with Gasteiger partial charge in [-0.2, -0.15) is 0 Å². The lowest BCUT2D eigenvalue weighted by molar-refractivity contribution is -0.384. The molecule has 19 heavy (non-hydrogen) atoms. The highest BCUT2D eigenvalue weighted by Gasteiger charge is 2.15. The molecule has 0 unspecified atom stereocenters. The van der Waals surface area contributed by atoms with Crippen molar-refractivity contribution in [1.82, 2.24) is 0 Å². The fourth-order valence-corrected chi connectivity index (χ4v) is 2.43. The third kappa shape index (κ3) is 2.95. The van der Waals surface area contributed by atoms with Crippen molar-refractivity contribution in [3.63, 3.8) is 0 Å². The summed E-state index contributed by atoms with van der Waals surface area (Å²) in [5.41, 5.74) is 0.839. The Kier molecular flexibility index (Phi) is 4.21.